The van der Waals surface area contributed by atoms with Crippen LogP contribution in [0.1, 0.15) is 55.3 Å². The summed E-state index contributed by atoms with van der Waals surface area (Å²) in [5.41, 5.74) is 1.31. The Kier molecular flexibility index (Phi) is 6.72. The van der Waals surface area contributed by atoms with Gasteiger partial charge in [0.2, 0.25) is 5.91 Å². The van der Waals surface area contributed by atoms with E-state index in [0.29, 0.717) is 16.4 Å². The van der Waals surface area contributed by atoms with E-state index in [1.807, 2.05) is 7.05 Å². The lowest BCUT2D eigenvalue weighted by Crippen LogP contribution is -2.41. The Morgan fingerprint density at radius 1 is 1.10 bits per heavy atom. The van der Waals surface area contributed by atoms with Crippen molar-refractivity contribution in [2.24, 2.45) is 18.9 Å². The van der Waals surface area contributed by atoms with Crippen LogP contribution in [0, 0.1) is 11.8 Å². The first-order chi connectivity index (χ1) is 14.6. The monoisotopic (exact) mass is 427 g/mol. The zero-order chi connectivity index (χ0) is 20.9. The first-order valence-corrected chi connectivity index (χ1v) is 11.7. The van der Waals surface area contributed by atoms with Crippen molar-refractivity contribution in [2.45, 2.75) is 56.1 Å². The number of amides is 2. The van der Waals surface area contributed by atoms with Gasteiger partial charge in [0.25, 0.3) is 5.91 Å². The van der Waals surface area contributed by atoms with Crippen LogP contribution < -0.4 is 10.6 Å². The molecule has 0 unspecified atom stereocenters. The average molecular weight is 428 g/mol. The van der Waals surface area contributed by atoms with E-state index < -0.39 is 0 Å². The highest BCUT2D eigenvalue weighted by Gasteiger charge is 2.32. The molecule has 0 saturated heterocycles. The van der Waals surface area contributed by atoms with Gasteiger partial charge >= 0.3 is 0 Å². The van der Waals surface area contributed by atoms with E-state index in [1.54, 1.807) is 35.2 Å². The van der Waals surface area contributed by atoms with Gasteiger partial charge in [-0.25, -0.2) is 0 Å². The van der Waals surface area contributed by atoms with E-state index in [2.05, 4.69) is 20.8 Å². The standard InChI is InChI=1S/C22H29N5O2S/c1-27-14-23-26-22(27)30-13-20(28)24-18-9-7-16(8-10-18)21(29)25-19-11-6-15-4-2-3-5-17(15)12-19/h7-10,14-15,17,19H,2-6,11-13H2,1H3,(H,24,28)(H,25,29)/t15-,17+,19+/m0/s1. The molecule has 1 aromatic carbocycles. The predicted octanol–water partition coefficient (Wildman–Crippen LogP) is 3.63. The largest absolute Gasteiger partial charge is 0.349 e. The molecule has 2 fully saturated rings. The minimum atomic E-state index is -0.121. The van der Waals surface area contributed by atoms with Gasteiger partial charge in [0, 0.05) is 24.3 Å². The SMILES string of the molecule is Cn1cnnc1SCC(=O)Nc1ccc(C(=O)N[C@@H]2CC[C@@H]3CCCC[C@@H]3C2)cc1. The van der Waals surface area contributed by atoms with Gasteiger partial charge in [-0.05, 0) is 55.4 Å². The Morgan fingerprint density at radius 3 is 2.60 bits per heavy atom. The number of hydrogen-bond donors (Lipinski definition) is 2. The highest BCUT2D eigenvalue weighted by molar-refractivity contribution is 7.99. The van der Waals surface area contributed by atoms with Crippen LogP contribution in [0.4, 0.5) is 5.69 Å². The topological polar surface area (TPSA) is 88.9 Å². The Labute approximate surface area is 181 Å². The molecule has 0 bridgehead atoms. The fraction of sp³-hybridized carbons (Fsp3) is 0.545. The van der Waals surface area contributed by atoms with E-state index in [0.717, 1.165) is 24.7 Å². The molecule has 2 amide bonds. The maximum Gasteiger partial charge on any atom is 0.251 e. The van der Waals surface area contributed by atoms with Gasteiger partial charge in [0.1, 0.15) is 6.33 Å². The van der Waals surface area contributed by atoms with Crippen molar-refractivity contribution in [1.82, 2.24) is 20.1 Å². The summed E-state index contributed by atoms with van der Waals surface area (Å²) in [5.74, 6) is 1.77. The number of anilines is 1. The maximum absolute atomic E-state index is 12.7. The van der Waals surface area contributed by atoms with Gasteiger partial charge in [-0.15, -0.1) is 10.2 Å². The fourth-order valence-electron chi connectivity index (χ4n) is 4.71. The van der Waals surface area contributed by atoms with Crippen molar-refractivity contribution in [2.75, 3.05) is 11.1 Å². The minimum absolute atomic E-state index is 0.0232. The van der Waals surface area contributed by atoms with Crippen molar-refractivity contribution in [3.05, 3.63) is 36.2 Å². The summed E-state index contributed by atoms with van der Waals surface area (Å²) in [4.78, 5) is 24.8. The summed E-state index contributed by atoms with van der Waals surface area (Å²) in [5, 5.41) is 14.5. The summed E-state index contributed by atoms with van der Waals surface area (Å²) in [6.07, 6.45) is 10.5. The molecule has 0 aliphatic heterocycles. The van der Waals surface area contributed by atoms with Crippen LogP contribution >= 0.6 is 11.8 Å². The molecule has 160 valence electrons. The summed E-state index contributed by atoms with van der Waals surface area (Å²) >= 11 is 1.33. The summed E-state index contributed by atoms with van der Waals surface area (Å²) in [6, 6.07) is 7.38. The molecule has 1 heterocycles. The Hall–Kier alpha value is -2.35. The van der Waals surface area contributed by atoms with Gasteiger partial charge < -0.3 is 15.2 Å². The highest BCUT2D eigenvalue weighted by atomic mass is 32.2. The van der Waals surface area contributed by atoms with Crippen LogP contribution in [0.25, 0.3) is 0 Å². The van der Waals surface area contributed by atoms with Gasteiger partial charge in [-0.1, -0.05) is 37.4 Å². The first kappa shape index (κ1) is 20.9. The number of nitrogens with one attached hydrogen (secondary N) is 2. The lowest BCUT2D eigenvalue weighted by molar-refractivity contribution is -0.113. The Bertz CT molecular complexity index is 882. The van der Waals surface area contributed by atoms with Gasteiger partial charge in [0.15, 0.2) is 5.16 Å². The third kappa shape index (κ3) is 5.22. The average Bonchev–Trinajstić information content (AvgIpc) is 3.17. The van der Waals surface area contributed by atoms with E-state index in [4.69, 9.17) is 0 Å². The number of benzene rings is 1. The summed E-state index contributed by atoms with van der Waals surface area (Å²) < 4.78 is 1.77. The van der Waals surface area contributed by atoms with Crippen molar-refractivity contribution < 1.29 is 9.59 Å². The fourth-order valence-corrected chi connectivity index (χ4v) is 5.40. The molecule has 7 nitrogen and oxygen atoms in total. The second-order valence-electron chi connectivity index (χ2n) is 8.43. The van der Waals surface area contributed by atoms with Crippen molar-refractivity contribution in [3.8, 4) is 0 Å². The van der Waals surface area contributed by atoms with Crippen molar-refractivity contribution >= 4 is 29.3 Å². The zero-order valence-electron chi connectivity index (χ0n) is 17.3. The normalized spacial score (nSPS) is 23.4. The maximum atomic E-state index is 12.7. The van der Waals surface area contributed by atoms with Crippen molar-refractivity contribution in [1.29, 1.82) is 0 Å². The van der Waals surface area contributed by atoms with Gasteiger partial charge in [-0.3, -0.25) is 9.59 Å². The molecular weight excluding hydrogens is 398 g/mol. The number of hydrogen-bond acceptors (Lipinski definition) is 5. The Morgan fingerprint density at radius 2 is 1.87 bits per heavy atom. The van der Waals surface area contributed by atoms with Crippen LogP contribution in [0.2, 0.25) is 0 Å². The van der Waals surface area contributed by atoms with E-state index in [-0.39, 0.29) is 23.6 Å². The van der Waals surface area contributed by atoms with E-state index in [1.165, 1.54) is 43.9 Å². The van der Waals surface area contributed by atoms with Gasteiger partial charge in [0.05, 0.1) is 5.75 Å². The molecule has 2 N–H and O–H groups in total. The number of thioether (sulfide) groups is 1. The molecular formula is C22H29N5O2S. The molecule has 2 aliphatic rings. The summed E-state index contributed by atoms with van der Waals surface area (Å²) in [7, 11) is 1.84. The first-order valence-electron chi connectivity index (χ1n) is 10.8. The van der Waals surface area contributed by atoms with Crippen LogP contribution in [-0.4, -0.2) is 38.4 Å². The number of rotatable bonds is 6. The van der Waals surface area contributed by atoms with Crippen LogP contribution in [0.5, 0.6) is 0 Å². The van der Waals surface area contributed by atoms with Crippen molar-refractivity contribution in [3.63, 3.8) is 0 Å². The molecule has 30 heavy (non-hydrogen) atoms. The molecule has 0 radical (unpaired) electrons. The number of nitrogens with zero attached hydrogens (tertiary/aromatic N) is 3. The molecule has 0 spiro atoms. The van der Waals surface area contributed by atoms with Gasteiger partial charge in [-0.2, -0.15) is 0 Å². The quantitative estimate of drug-likeness (QED) is 0.687. The van der Waals surface area contributed by atoms with Crippen LogP contribution in [-0.2, 0) is 11.8 Å². The zero-order valence-corrected chi connectivity index (χ0v) is 18.2. The van der Waals surface area contributed by atoms with E-state index in [9.17, 15) is 9.59 Å². The molecule has 2 aliphatic carbocycles. The number of carbonyl (C=O) groups is 2. The summed E-state index contributed by atoms with van der Waals surface area (Å²) in [6.45, 7) is 0. The van der Waals surface area contributed by atoms with Crippen LogP contribution in [0.3, 0.4) is 0 Å². The molecule has 1 aromatic heterocycles. The third-order valence-electron chi connectivity index (χ3n) is 6.31. The number of fused-ring (bicyclic) bond motifs is 1. The predicted molar refractivity (Wildman–Crippen MR) is 117 cm³/mol. The number of aryl methyl sites for hydroxylation is 1. The molecule has 2 aromatic rings. The third-order valence-corrected chi connectivity index (χ3v) is 7.34. The Balaban J connectivity index is 1.25. The molecule has 3 atom stereocenters. The smallest absolute Gasteiger partial charge is 0.251 e. The van der Waals surface area contributed by atoms with E-state index >= 15 is 0 Å². The second kappa shape index (κ2) is 9.64. The molecule has 4 rings (SSSR count). The highest BCUT2D eigenvalue weighted by Crippen LogP contribution is 2.40. The lowest BCUT2D eigenvalue weighted by atomic mass is 9.69. The number of carbonyl (C=O) groups excluding carboxylic acids is 2. The minimum Gasteiger partial charge on any atom is -0.349 e. The number of aromatic nitrogens is 3. The molecule has 2 saturated carbocycles. The lowest BCUT2D eigenvalue weighted by Gasteiger charge is -2.39. The molecule has 8 heteroatoms. The second-order valence-corrected chi connectivity index (χ2v) is 9.37. The van der Waals surface area contributed by atoms with Crippen LogP contribution in [0.15, 0.2) is 35.7 Å².